The molecule has 1 aromatic carbocycles. The van der Waals surface area contributed by atoms with Crippen LogP contribution in [0.15, 0.2) is 58.7 Å². The Morgan fingerprint density at radius 2 is 1.93 bits per heavy atom. The highest BCUT2D eigenvalue weighted by Crippen LogP contribution is 2.22. The first-order valence-corrected chi connectivity index (χ1v) is 9.94. The van der Waals surface area contributed by atoms with Crippen LogP contribution in [0.25, 0.3) is 5.69 Å². The van der Waals surface area contributed by atoms with Crippen LogP contribution in [0.4, 0.5) is 11.5 Å². The van der Waals surface area contributed by atoms with Crippen LogP contribution in [0.2, 0.25) is 0 Å². The van der Waals surface area contributed by atoms with E-state index >= 15 is 0 Å². The molecule has 3 aromatic rings. The van der Waals surface area contributed by atoms with Crippen LogP contribution < -0.4 is 10.6 Å². The lowest BCUT2D eigenvalue weighted by atomic mass is 10.2. The van der Waals surface area contributed by atoms with Crippen molar-refractivity contribution in [2.75, 3.05) is 5.43 Å². The number of nitrogens with one attached hydrogen (secondary N) is 1. The molecule has 0 aliphatic rings. The summed E-state index contributed by atoms with van der Waals surface area (Å²) in [6.07, 6.45) is 2.97. The third-order valence-electron chi connectivity index (χ3n) is 4.25. The molecule has 0 fully saturated rings. The van der Waals surface area contributed by atoms with Crippen LogP contribution >= 0.6 is 0 Å². The van der Waals surface area contributed by atoms with Crippen LogP contribution in [-0.4, -0.2) is 29.1 Å². The van der Waals surface area contributed by atoms with Crippen molar-refractivity contribution in [3.63, 3.8) is 0 Å². The van der Waals surface area contributed by atoms with E-state index in [1.807, 2.05) is 24.5 Å². The average Bonchev–Trinajstić information content (AvgIpc) is 2.95. The van der Waals surface area contributed by atoms with Crippen LogP contribution in [0, 0.1) is 24.0 Å². The number of hydrogen-bond donors (Lipinski definition) is 2. The Kier molecular flexibility index (Phi) is 5.43. The van der Waals surface area contributed by atoms with E-state index in [1.165, 1.54) is 36.7 Å². The zero-order valence-electron chi connectivity index (χ0n) is 15.6. The molecule has 29 heavy (non-hydrogen) atoms. The number of pyridine rings is 1. The number of aryl methyl sites for hydroxylation is 1. The summed E-state index contributed by atoms with van der Waals surface area (Å²) in [5.74, 6) is 0.0427. The maximum atomic E-state index is 11.4. The quantitative estimate of drug-likeness (QED) is 0.360. The fraction of sp³-hybridized carbons (Fsp3) is 0.111. The van der Waals surface area contributed by atoms with E-state index in [4.69, 9.17) is 5.14 Å². The second-order valence-corrected chi connectivity index (χ2v) is 7.76. The Bertz CT molecular complexity index is 1200. The third-order valence-corrected chi connectivity index (χ3v) is 5.18. The summed E-state index contributed by atoms with van der Waals surface area (Å²) < 4.78 is 24.8. The lowest BCUT2D eigenvalue weighted by Gasteiger charge is -2.10. The predicted molar refractivity (Wildman–Crippen MR) is 109 cm³/mol. The molecule has 150 valence electrons. The van der Waals surface area contributed by atoms with Gasteiger partial charge in [-0.05, 0) is 50.2 Å². The van der Waals surface area contributed by atoms with Crippen molar-refractivity contribution in [1.29, 1.82) is 0 Å². The van der Waals surface area contributed by atoms with Crippen LogP contribution in [0.1, 0.15) is 17.0 Å². The van der Waals surface area contributed by atoms with Crippen molar-refractivity contribution in [2.45, 2.75) is 18.7 Å². The van der Waals surface area contributed by atoms with Gasteiger partial charge in [0.2, 0.25) is 15.8 Å². The highest BCUT2D eigenvalue weighted by Gasteiger charge is 2.14. The van der Waals surface area contributed by atoms with Gasteiger partial charge in [0, 0.05) is 34.9 Å². The molecule has 2 heterocycles. The Morgan fingerprint density at radius 1 is 1.24 bits per heavy atom. The number of nitro groups is 1. The highest BCUT2D eigenvalue weighted by atomic mass is 32.2. The zero-order valence-corrected chi connectivity index (χ0v) is 16.4. The molecule has 0 bridgehead atoms. The highest BCUT2D eigenvalue weighted by molar-refractivity contribution is 7.89. The van der Waals surface area contributed by atoms with E-state index in [0.29, 0.717) is 0 Å². The standard InChI is InChI=1S/C18H18N6O4S/c1-12-10-14(11-21-22-18-17(24(25)26)4-3-9-20-18)13(2)23(12)15-5-7-16(8-6-15)29(19,27)28/h3-11H,1-2H3,(H,20,22)(H2,19,27,28)/b21-11-. The van der Waals surface area contributed by atoms with Gasteiger partial charge in [-0.1, -0.05) is 0 Å². The summed E-state index contributed by atoms with van der Waals surface area (Å²) in [6, 6.07) is 10.9. The molecule has 0 aliphatic carbocycles. The third kappa shape index (κ3) is 4.31. The molecule has 0 unspecified atom stereocenters. The Labute approximate surface area is 166 Å². The van der Waals surface area contributed by atoms with E-state index in [0.717, 1.165) is 22.6 Å². The number of nitrogens with zero attached hydrogens (tertiary/aromatic N) is 4. The first-order valence-electron chi connectivity index (χ1n) is 8.39. The molecule has 0 amide bonds. The summed E-state index contributed by atoms with van der Waals surface area (Å²) >= 11 is 0. The molecule has 3 rings (SSSR count). The zero-order chi connectivity index (χ0) is 21.2. The topological polar surface area (TPSA) is 146 Å². The van der Waals surface area contributed by atoms with Gasteiger partial charge < -0.3 is 4.57 Å². The number of anilines is 1. The number of sulfonamides is 1. The fourth-order valence-electron chi connectivity index (χ4n) is 2.89. The first kappa shape index (κ1) is 20.2. The maximum Gasteiger partial charge on any atom is 0.313 e. The molecular weight excluding hydrogens is 396 g/mol. The van der Waals surface area contributed by atoms with E-state index < -0.39 is 14.9 Å². The molecule has 0 spiro atoms. The molecule has 0 atom stereocenters. The van der Waals surface area contributed by atoms with Crippen LogP contribution in [0.5, 0.6) is 0 Å². The van der Waals surface area contributed by atoms with Gasteiger partial charge in [-0.3, -0.25) is 15.5 Å². The summed E-state index contributed by atoms with van der Waals surface area (Å²) in [6.45, 7) is 3.78. The van der Waals surface area contributed by atoms with E-state index in [2.05, 4.69) is 15.5 Å². The maximum absolute atomic E-state index is 11.4. The molecule has 0 saturated heterocycles. The van der Waals surface area contributed by atoms with Crippen molar-refractivity contribution >= 4 is 27.7 Å². The smallest absolute Gasteiger partial charge is 0.313 e. The van der Waals surface area contributed by atoms with Gasteiger partial charge in [0.1, 0.15) is 0 Å². The Morgan fingerprint density at radius 3 is 2.55 bits per heavy atom. The van der Waals surface area contributed by atoms with Gasteiger partial charge in [-0.2, -0.15) is 5.10 Å². The molecular formula is C18H18N6O4S. The summed E-state index contributed by atoms with van der Waals surface area (Å²) in [5, 5.41) is 20.2. The molecule has 10 nitrogen and oxygen atoms in total. The van der Waals surface area contributed by atoms with Gasteiger partial charge in [0.15, 0.2) is 0 Å². The number of rotatable bonds is 6. The van der Waals surface area contributed by atoms with Gasteiger partial charge >= 0.3 is 5.69 Å². The van der Waals surface area contributed by atoms with Gasteiger partial charge in [-0.15, -0.1) is 0 Å². The van der Waals surface area contributed by atoms with E-state index in [1.54, 1.807) is 12.1 Å². The van der Waals surface area contributed by atoms with Gasteiger partial charge in [0.25, 0.3) is 0 Å². The van der Waals surface area contributed by atoms with Crippen molar-refractivity contribution < 1.29 is 13.3 Å². The second-order valence-electron chi connectivity index (χ2n) is 6.20. The van der Waals surface area contributed by atoms with Crippen LogP contribution in [0.3, 0.4) is 0 Å². The number of hydrazone groups is 1. The normalized spacial score (nSPS) is 11.7. The second kappa shape index (κ2) is 7.81. The minimum atomic E-state index is -3.76. The Hall–Kier alpha value is -3.57. The minimum absolute atomic E-state index is 0.0339. The van der Waals surface area contributed by atoms with Crippen molar-refractivity contribution in [3.8, 4) is 5.69 Å². The predicted octanol–water partition coefficient (Wildman–Crippen LogP) is 2.49. The summed E-state index contributed by atoms with van der Waals surface area (Å²) in [4.78, 5) is 14.4. The van der Waals surface area contributed by atoms with E-state index in [-0.39, 0.29) is 16.4 Å². The van der Waals surface area contributed by atoms with E-state index in [9.17, 15) is 18.5 Å². The van der Waals surface area contributed by atoms with Crippen molar-refractivity contribution in [2.24, 2.45) is 10.2 Å². The summed E-state index contributed by atoms with van der Waals surface area (Å²) in [5.41, 5.74) is 5.71. The minimum Gasteiger partial charge on any atom is -0.318 e. The van der Waals surface area contributed by atoms with Gasteiger partial charge in [0.05, 0.1) is 16.0 Å². The average molecular weight is 414 g/mol. The molecule has 0 radical (unpaired) electrons. The number of benzene rings is 1. The lowest BCUT2D eigenvalue weighted by Crippen LogP contribution is -2.12. The molecule has 2 aromatic heterocycles. The summed E-state index contributed by atoms with van der Waals surface area (Å²) in [7, 11) is -3.76. The lowest BCUT2D eigenvalue weighted by molar-refractivity contribution is -0.384. The molecule has 11 heteroatoms. The van der Waals surface area contributed by atoms with Crippen molar-refractivity contribution in [1.82, 2.24) is 9.55 Å². The number of primary sulfonamides is 1. The molecule has 0 saturated carbocycles. The number of nitrogens with two attached hydrogens (primary N) is 1. The Balaban J connectivity index is 1.87. The fourth-order valence-corrected chi connectivity index (χ4v) is 3.41. The monoisotopic (exact) mass is 414 g/mol. The first-order chi connectivity index (χ1) is 13.7. The molecule has 3 N–H and O–H groups in total. The van der Waals surface area contributed by atoms with Gasteiger partial charge in [-0.25, -0.2) is 18.5 Å². The molecule has 0 aliphatic heterocycles. The van der Waals surface area contributed by atoms with Crippen LogP contribution in [-0.2, 0) is 10.0 Å². The number of hydrogen-bond acceptors (Lipinski definition) is 7. The SMILES string of the molecule is Cc1cc(/C=N\Nc2ncccc2[N+](=O)[O-])c(C)n1-c1ccc(S(N)(=O)=O)cc1. The largest absolute Gasteiger partial charge is 0.318 e. The number of aromatic nitrogens is 2. The van der Waals surface area contributed by atoms with Crippen molar-refractivity contribution in [3.05, 3.63) is 75.7 Å².